The topological polar surface area (TPSA) is 80.5 Å². The van der Waals surface area contributed by atoms with E-state index in [1.165, 1.54) is 17.1 Å². The molecule has 1 N–H and O–H groups in total. The van der Waals surface area contributed by atoms with Gasteiger partial charge in [-0.15, -0.1) is 0 Å². The van der Waals surface area contributed by atoms with Crippen LogP contribution in [-0.2, 0) is 13.0 Å². The normalized spacial score (nSPS) is 14.6. The smallest absolute Gasteiger partial charge is 0.415 e. The maximum absolute atomic E-state index is 11.2. The number of nitrogens with zero attached hydrogens (tertiary/aromatic N) is 4. The van der Waals surface area contributed by atoms with Crippen LogP contribution in [0.2, 0.25) is 0 Å². The van der Waals surface area contributed by atoms with Gasteiger partial charge >= 0.3 is 6.09 Å². The molecule has 0 bridgehead atoms. The summed E-state index contributed by atoms with van der Waals surface area (Å²) in [6.45, 7) is 6.12. The van der Waals surface area contributed by atoms with Gasteiger partial charge < -0.3 is 9.84 Å². The Hall–Kier alpha value is -2.93. The monoisotopic (exact) mass is 352 g/mol. The second-order valence-electron chi connectivity index (χ2n) is 6.71. The Bertz CT molecular complexity index is 980. The molecule has 0 aliphatic carbocycles. The highest BCUT2D eigenvalue weighted by atomic mass is 16.5. The Morgan fingerprint density at radius 2 is 2.12 bits per heavy atom. The minimum absolute atomic E-state index is 0.475. The number of hydrogen-bond donors (Lipinski definition) is 1. The number of hydrogen-bond acceptors (Lipinski definition) is 5. The van der Waals surface area contributed by atoms with Gasteiger partial charge in [-0.25, -0.2) is 14.8 Å². The van der Waals surface area contributed by atoms with E-state index in [-0.39, 0.29) is 0 Å². The zero-order valence-electron chi connectivity index (χ0n) is 14.7. The quantitative estimate of drug-likeness (QED) is 0.777. The number of carboxylic acid groups (broad SMARTS) is 1. The summed E-state index contributed by atoms with van der Waals surface area (Å²) in [6.07, 6.45) is 2.91. The Labute approximate surface area is 150 Å². The first-order valence-corrected chi connectivity index (χ1v) is 8.62. The van der Waals surface area contributed by atoms with E-state index in [0.29, 0.717) is 23.2 Å². The van der Waals surface area contributed by atoms with Gasteiger partial charge in [0.05, 0.1) is 11.2 Å². The first-order chi connectivity index (χ1) is 12.5. The van der Waals surface area contributed by atoms with Crippen LogP contribution in [0.1, 0.15) is 25.1 Å². The van der Waals surface area contributed by atoms with Crippen LogP contribution in [0.25, 0.3) is 10.9 Å². The van der Waals surface area contributed by atoms with Crippen molar-refractivity contribution in [1.82, 2.24) is 19.4 Å². The molecule has 4 rings (SSSR count). The second kappa shape index (κ2) is 6.42. The molecule has 1 aromatic carbocycles. The van der Waals surface area contributed by atoms with Crippen molar-refractivity contribution in [2.75, 3.05) is 6.54 Å². The van der Waals surface area contributed by atoms with Gasteiger partial charge in [-0.3, -0.25) is 9.47 Å². The molecule has 7 nitrogen and oxygen atoms in total. The molecular weight excluding hydrogens is 332 g/mol. The molecule has 0 radical (unpaired) electrons. The molecule has 3 aromatic rings. The van der Waals surface area contributed by atoms with Crippen molar-refractivity contribution in [3.63, 3.8) is 0 Å². The molecule has 1 aliphatic rings. The summed E-state index contributed by atoms with van der Waals surface area (Å²) in [7, 11) is 0. The van der Waals surface area contributed by atoms with E-state index in [9.17, 15) is 9.90 Å². The number of benzene rings is 1. The predicted molar refractivity (Wildman–Crippen MR) is 96.7 cm³/mol. The lowest BCUT2D eigenvalue weighted by molar-refractivity contribution is 0.197. The van der Waals surface area contributed by atoms with Crippen molar-refractivity contribution in [2.45, 2.75) is 32.9 Å². The fourth-order valence-corrected chi connectivity index (χ4v) is 3.34. The van der Waals surface area contributed by atoms with Crippen LogP contribution in [0.5, 0.6) is 11.6 Å². The van der Waals surface area contributed by atoms with Crippen molar-refractivity contribution >= 4 is 17.0 Å². The largest absolute Gasteiger partial charge is 0.464 e. The van der Waals surface area contributed by atoms with E-state index in [1.54, 1.807) is 18.2 Å². The van der Waals surface area contributed by atoms with E-state index >= 15 is 0 Å². The van der Waals surface area contributed by atoms with E-state index in [4.69, 9.17) is 4.74 Å². The summed E-state index contributed by atoms with van der Waals surface area (Å²) >= 11 is 0. The molecule has 0 spiro atoms. The number of fused-ring (bicyclic) bond motifs is 2. The SMILES string of the molecule is CC(C)N1CCc2c(ncnc2Oc2ccc3c(ccn3C(=O)O)c2)C1. The van der Waals surface area contributed by atoms with Crippen LogP contribution < -0.4 is 4.74 Å². The molecule has 7 heteroatoms. The Morgan fingerprint density at radius 3 is 2.88 bits per heavy atom. The average molecular weight is 352 g/mol. The standard InChI is InChI=1S/C19H20N4O3/c1-12(2)22-7-6-15-16(10-22)20-11-21-18(15)26-14-3-4-17-13(9-14)5-8-23(17)19(24)25/h3-5,8-9,11-12H,6-7,10H2,1-2H3,(H,24,25). The molecule has 2 aromatic heterocycles. The average Bonchev–Trinajstić information content (AvgIpc) is 3.05. The molecule has 0 atom stereocenters. The molecule has 134 valence electrons. The van der Waals surface area contributed by atoms with Gasteiger partial charge in [0, 0.05) is 36.3 Å². The van der Waals surface area contributed by atoms with Crippen LogP contribution in [0, 0.1) is 0 Å². The molecule has 26 heavy (non-hydrogen) atoms. The van der Waals surface area contributed by atoms with Crippen molar-refractivity contribution in [3.8, 4) is 11.6 Å². The fraction of sp³-hybridized carbons (Fsp3) is 0.316. The number of rotatable bonds is 3. The minimum Gasteiger partial charge on any atom is -0.464 e. The lowest BCUT2D eigenvalue weighted by Gasteiger charge is -2.31. The summed E-state index contributed by atoms with van der Waals surface area (Å²) < 4.78 is 7.21. The lowest BCUT2D eigenvalue weighted by Crippen LogP contribution is -2.36. The molecule has 0 saturated heterocycles. The van der Waals surface area contributed by atoms with Gasteiger partial charge in [-0.05, 0) is 44.5 Å². The fourth-order valence-electron chi connectivity index (χ4n) is 3.34. The van der Waals surface area contributed by atoms with Gasteiger partial charge in [-0.1, -0.05) is 0 Å². The summed E-state index contributed by atoms with van der Waals surface area (Å²) in [5, 5.41) is 9.98. The summed E-state index contributed by atoms with van der Waals surface area (Å²) in [4.78, 5) is 22.3. The Kier molecular flexibility index (Phi) is 4.08. The van der Waals surface area contributed by atoms with Gasteiger partial charge in [0.25, 0.3) is 0 Å². The number of ether oxygens (including phenoxy) is 1. The van der Waals surface area contributed by atoms with Gasteiger partial charge in [0.15, 0.2) is 0 Å². The van der Waals surface area contributed by atoms with Gasteiger partial charge in [-0.2, -0.15) is 0 Å². The Morgan fingerprint density at radius 1 is 1.27 bits per heavy atom. The predicted octanol–water partition coefficient (Wildman–Crippen LogP) is 3.52. The van der Waals surface area contributed by atoms with Crippen LogP contribution in [0.4, 0.5) is 4.79 Å². The van der Waals surface area contributed by atoms with E-state index in [0.717, 1.165) is 36.2 Å². The zero-order chi connectivity index (χ0) is 18.3. The van der Waals surface area contributed by atoms with Crippen LogP contribution >= 0.6 is 0 Å². The molecule has 3 heterocycles. The van der Waals surface area contributed by atoms with Crippen LogP contribution in [-0.4, -0.2) is 43.2 Å². The highest BCUT2D eigenvalue weighted by Gasteiger charge is 2.23. The van der Waals surface area contributed by atoms with E-state index < -0.39 is 6.09 Å². The third-order valence-corrected chi connectivity index (χ3v) is 4.81. The van der Waals surface area contributed by atoms with Gasteiger partial charge in [0.1, 0.15) is 12.1 Å². The summed E-state index contributed by atoms with van der Waals surface area (Å²) in [5.41, 5.74) is 2.68. The summed E-state index contributed by atoms with van der Waals surface area (Å²) in [6, 6.07) is 7.56. The third kappa shape index (κ3) is 2.90. The number of aromatic nitrogens is 3. The van der Waals surface area contributed by atoms with E-state index in [1.807, 2.05) is 6.07 Å². The molecule has 0 saturated carbocycles. The third-order valence-electron chi connectivity index (χ3n) is 4.81. The highest BCUT2D eigenvalue weighted by molar-refractivity contribution is 5.89. The maximum Gasteiger partial charge on any atom is 0.415 e. The maximum atomic E-state index is 11.2. The van der Waals surface area contributed by atoms with Crippen molar-refractivity contribution in [2.24, 2.45) is 0 Å². The molecule has 0 fully saturated rings. The van der Waals surface area contributed by atoms with Crippen molar-refractivity contribution in [1.29, 1.82) is 0 Å². The van der Waals surface area contributed by atoms with Crippen LogP contribution in [0.3, 0.4) is 0 Å². The molecule has 1 aliphatic heterocycles. The Balaban J connectivity index is 1.63. The molecule has 0 amide bonds. The first-order valence-electron chi connectivity index (χ1n) is 8.62. The summed E-state index contributed by atoms with van der Waals surface area (Å²) in [5.74, 6) is 1.21. The molecular formula is C19H20N4O3. The van der Waals surface area contributed by atoms with Crippen LogP contribution in [0.15, 0.2) is 36.8 Å². The number of carbonyl (C=O) groups is 1. The molecule has 0 unspecified atom stereocenters. The van der Waals surface area contributed by atoms with Crippen molar-refractivity contribution < 1.29 is 14.6 Å². The lowest BCUT2D eigenvalue weighted by atomic mass is 10.0. The van der Waals surface area contributed by atoms with Gasteiger partial charge in [0.2, 0.25) is 5.88 Å². The minimum atomic E-state index is -1.01. The zero-order valence-corrected chi connectivity index (χ0v) is 14.7. The highest BCUT2D eigenvalue weighted by Crippen LogP contribution is 2.30. The van der Waals surface area contributed by atoms with Crippen molar-refractivity contribution in [3.05, 3.63) is 48.0 Å². The second-order valence-corrected chi connectivity index (χ2v) is 6.71. The first kappa shape index (κ1) is 16.5. The van der Waals surface area contributed by atoms with E-state index in [2.05, 4.69) is 28.7 Å².